The zero-order chi connectivity index (χ0) is 15.0. The number of pyridine rings is 1. The van der Waals surface area contributed by atoms with Gasteiger partial charge in [-0.3, -0.25) is 0 Å². The molecule has 1 unspecified atom stereocenters. The standard InChI is InChI=1S/C15H27N3O2/c1-12-9-14(10-13(2)16)11-17-15(12)18(5-7-19-3)6-8-20-4/h9,11,13H,5-8,10,16H2,1-4H3. The van der Waals surface area contributed by atoms with E-state index in [-0.39, 0.29) is 6.04 Å². The predicted molar refractivity (Wildman–Crippen MR) is 82.3 cm³/mol. The molecule has 0 saturated carbocycles. The van der Waals surface area contributed by atoms with Gasteiger partial charge >= 0.3 is 0 Å². The van der Waals surface area contributed by atoms with Crippen molar-refractivity contribution in [3.63, 3.8) is 0 Å². The molecular weight excluding hydrogens is 254 g/mol. The van der Waals surface area contributed by atoms with Crippen molar-refractivity contribution in [2.75, 3.05) is 45.4 Å². The molecule has 5 nitrogen and oxygen atoms in total. The van der Waals surface area contributed by atoms with Crippen LogP contribution >= 0.6 is 0 Å². The smallest absolute Gasteiger partial charge is 0.131 e. The van der Waals surface area contributed by atoms with E-state index in [1.165, 1.54) is 5.56 Å². The van der Waals surface area contributed by atoms with Gasteiger partial charge in [0.15, 0.2) is 0 Å². The fourth-order valence-corrected chi connectivity index (χ4v) is 2.17. The Hall–Kier alpha value is -1.17. The Morgan fingerprint density at radius 3 is 2.30 bits per heavy atom. The van der Waals surface area contributed by atoms with Crippen molar-refractivity contribution in [2.24, 2.45) is 5.73 Å². The quantitative estimate of drug-likeness (QED) is 0.741. The number of rotatable bonds is 9. The minimum absolute atomic E-state index is 0.153. The SMILES string of the molecule is COCCN(CCOC)c1ncc(CC(C)N)cc1C. The topological polar surface area (TPSA) is 60.6 Å². The lowest BCUT2D eigenvalue weighted by atomic mass is 10.1. The highest BCUT2D eigenvalue weighted by Gasteiger charge is 2.11. The summed E-state index contributed by atoms with van der Waals surface area (Å²) in [6, 6.07) is 2.32. The molecule has 0 bridgehead atoms. The highest BCUT2D eigenvalue weighted by molar-refractivity contribution is 5.47. The lowest BCUT2D eigenvalue weighted by Crippen LogP contribution is -2.32. The molecule has 1 aromatic rings. The Bertz CT molecular complexity index is 389. The number of hydrogen-bond donors (Lipinski definition) is 1. The first-order chi connectivity index (χ1) is 9.58. The van der Waals surface area contributed by atoms with Crippen molar-refractivity contribution in [1.29, 1.82) is 0 Å². The molecule has 0 spiro atoms. The normalized spacial score (nSPS) is 12.4. The monoisotopic (exact) mass is 281 g/mol. The molecule has 1 aromatic heterocycles. The van der Waals surface area contributed by atoms with Gasteiger partial charge in [-0.15, -0.1) is 0 Å². The van der Waals surface area contributed by atoms with Crippen LogP contribution in [0.15, 0.2) is 12.3 Å². The summed E-state index contributed by atoms with van der Waals surface area (Å²) in [5.41, 5.74) is 8.18. The summed E-state index contributed by atoms with van der Waals surface area (Å²) in [5.74, 6) is 0.993. The van der Waals surface area contributed by atoms with E-state index < -0.39 is 0 Å². The van der Waals surface area contributed by atoms with Crippen molar-refractivity contribution in [3.05, 3.63) is 23.4 Å². The second-order valence-electron chi connectivity index (χ2n) is 5.14. The predicted octanol–water partition coefficient (Wildman–Crippen LogP) is 1.38. The molecule has 1 heterocycles. The van der Waals surface area contributed by atoms with E-state index in [0.717, 1.165) is 30.9 Å². The maximum absolute atomic E-state index is 5.83. The van der Waals surface area contributed by atoms with E-state index in [4.69, 9.17) is 15.2 Å². The molecule has 114 valence electrons. The Balaban J connectivity index is 2.83. The highest BCUT2D eigenvalue weighted by atomic mass is 16.5. The Kier molecular flexibility index (Phi) is 7.51. The molecule has 0 aliphatic rings. The molecule has 5 heteroatoms. The number of nitrogens with two attached hydrogens (primary N) is 1. The fourth-order valence-electron chi connectivity index (χ4n) is 2.17. The van der Waals surface area contributed by atoms with Gasteiger partial charge in [-0.05, 0) is 31.4 Å². The third kappa shape index (κ3) is 5.45. The number of nitrogens with zero attached hydrogens (tertiary/aromatic N) is 2. The highest BCUT2D eigenvalue weighted by Crippen LogP contribution is 2.18. The fraction of sp³-hybridized carbons (Fsp3) is 0.667. The Morgan fingerprint density at radius 2 is 1.85 bits per heavy atom. The molecule has 0 aliphatic heterocycles. The van der Waals surface area contributed by atoms with Crippen LogP contribution in [0.3, 0.4) is 0 Å². The molecule has 1 atom stereocenters. The first-order valence-electron chi connectivity index (χ1n) is 7.02. The van der Waals surface area contributed by atoms with Gasteiger partial charge in [0.05, 0.1) is 13.2 Å². The lowest BCUT2D eigenvalue weighted by molar-refractivity contribution is 0.190. The molecule has 0 radical (unpaired) electrons. The largest absolute Gasteiger partial charge is 0.383 e. The van der Waals surface area contributed by atoms with Gasteiger partial charge < -0.3 is 20.1 Å². The zero-order valence-corrected chi connectivity index (χ0v) is 13.1. The number of ether oxygens (including phenoxy) is 2. The van der Waals surface area contributed by atoms with Crippen LogP contribution in [0, 0.1) is 6.92 Å². The van der Waals surface area contributed by atoms with Gasteiger partial charge in [0.25, 0.3) is 0 Å². The van der Waals surface area contributed by atoms with Crippen LogP contribution in [-0.2, 0) is 15.9 Å². The first-order valence-corrected chi connectivity index (χ1v) is 7.02. The summed E-state index contributed by atoms with van der Waals surface area (Å²) in [7, 11) is 3.42. The van der Waals surface area contributed by atoms with Crippen LogP contribution in [0.5, 0.6) is 0 Å². The summed E-state index contributed by atoms with van der Waals surface area (Å²) in [4.78, 5) is 6.79. The maximum Gasteiger partial charge on any atom is 0.131 e. The second kappa shape index (κ2) is 8.89. The molecule has 20 heavy (non-hydrogen) atoms. The summed E-state index contributed by atoms with van der Waals surface area (Å²) in [5, 5.41) is 0. The molecule has 0 aromatic carbocycles. The average Bonchev–Trinajstić information content (AvgIpc) is 2.39. The third-order valence-corrected chi connectivity index (χ3v) is 3.10. The van der Waals surface area contributed by atoms with Crippen LogP contribution in [0.25, 0.3) is 0 Å². The van der Waals surface area contributed by atoms with Gasteiger partial charge in [0.2, 0.25) is 0 Å². The van der Waals surface area contributed by atoms with E-state index in [9.17, 15) is 0 Å². The number of aryl methyl sites for hydroxylation is 1. The van der Waals surface area contributed by atoms with Crippen LogP contribution in [0.2, 0.25) is 0 Å². The molecule has 2 N–H and O–H groups in total. The van der Waals surface area contributed by atoms with Crippen molar-refractivity contribution in [1.82, 2.24) is 4.98 Å². The molecule has 0 aliphatic carbocycles. The van der Waals surface area contributed by atoms with Crippen LogP contribution in [0.4, 0.5) is 5.82 Å². The van der Waals surface area contributed by atoms with Crippen LogP contribution in [-0.4, -0.2) is 51.5 Å². The second-order valence-corrected chi connectivity index (χ2v) is 5.14. The molecule has 1 rings (SSSR count). The van der Waals surface area contributed by atoms with E-state index in [1.807, 2.05) is 13.1 Å². The van der Waals surface area contributed by atoms with E-state index >= 15 is 0 Å². The van der Waals surface area contributed by atoms with Gasteiger partial charge in [0, 0.05) is 39.5 Å². The van der Waals surface area contributed by atoms with Gasteiger partial charge in [-0.1, -0.05) is 6.07 Å². The number of anilines is 1. The van der Waals surface area contributed by atoms with Crippen LogP contribution in [0.1, 0.15) is 18.1 Å². The average molecular weight is 281 g/mol. The van der Waals surface area contributed by atoms with Crippen molar-refractivity contribution in [2.45, 2.75) is 26.3 Å². The molecular formula is C15H27N3O2. The molecule has 0 saturated heterocycles. The summed E-state index contributed by atoms with van der Waals surface area (Å²) < 4.78 is 10.3. The van der Waals surface area contributed by atoms with Crippen molar-refractivity contribution in [3.8, 4) is 0 Å². The van der Waals surface area contributed by atoms with E-state index in [0.29, 0.717) is 13.2 Å². The third-order valence-electron chi connectivity index (χ3n) is 3.10. The summed E-state index contributed by atoms with van der Waals surface area (Å²) >= 11 is 0. The summed E-state index contributed by atoms with van der Waals surface area (Å²) in [6.45, 7) is 7.05. The molecule has 0 fully saturated rings. The van der Waals surface area contributed by atoms with Gasteiger partial charge in [0.1, 0.15) is 5.82 Å². The zero-order valence-electron chi connectivity index (χ0n) is 13.1. The van der Waals surface area contributed by atoms with Crippen LogP contribution < -0.4 is 10.6 Å². The van der Waals surface area contributed by atoms with Gasteiger partial charge in [-0.25, -0.2) is 4.98 Å². The number of aromatic nitrogens is 1. The van der Waals surface area contributed by atoms with Crippen molar-refractivity contribution < 1.29 is 9.47 Å². The Labute approximate surface area is 122 Å². The minimum atomic E-state index is 0.153. The maximum atomic E-state index is 5.83. The number of hydrogen-bond acceptors (Lipinski definition) is 5. The van der Waals surface area contributed by atoms with Crippen molar-refractivity contribution >= 4 is 5.82 Å². The van der Waals surface area contributed by atoms with Gasteiger partial charge in [-0.2, -0.15) is 0 Å². The van der Waals surface area contributed by atoms with E-state index in [2.05, 4.69) is 22.9 Å². The van der Waals surface area contributed by atoms with E-state index in [1.54, 1.807) is 14.2 Å². The number of methoxy groups -OCH3 is 2. The Morgan fingerprint density at radius 1 is 1.25 bits per heavy atom. The molecule has 0 amide bonds. The first kappa shape index (κ1) is 16.9. The summed E-state index contributed by atoms with van der Waals surface area (Å²) in [6.07, 6.45) is 2.77. The minimum Gasteiger partial charge on any atom is -0.383 e. The lowest BCUT2D eigenvalue weighted by Gasteiger charge is -2.25.